The number of aryl methyl sites for hydroxylation is 1. The molecule has 204 valence electrons. The number of hydrogen-bond acceptors (Lipinski definition) is 5. The predicted octanol–water partition coefficient (Wildman–Crippen LogP) is 6.20. The molecule has 7 nitrogen and oxygen atoms in total. The van der Waals surface area contributed by atoms with Crippen molar-refractivity contribution >= 4 is 57.5 Å². The number of aromatic nitrogens is 2. The van der Waals surface area contributed by atoms with Gasteiger partial charge < -0.3 is 24.8 Å². The van der Waals surface area contributed by atoms with E-state index in [1.165, 1.54) is 0 Å². The Balaban J connectivity index is 1.36. The first-order chi connectivity index (χ1) is 18.0. The van der Waals surface area contributed by atoms with Crippen molar-refractivity contribution < 1.29 is 22.7 Å². The second-order valence-electron chi connectivity index (χ2n) is 9.93. The first kappa shape index (κ1) is 26.9. The summed E-state index contributed by atoms with van der Waals surface area (Å²) in [5, 5.41) is 6.64. The maximum Gasteiger partial charge on any atom is 0.403 e. The van der Waals surface area contributed by atoms with Crippen LogP contribution in [-0.2, 0) is 23.1 Å². The normalized spacial score (nSPS) is 18.7. The van der Waals surface area contributed by atoms with Crippen LogP contribution in [0.25, 0.3) is 11.0 Å². The van der Waals surface area contributed by atoms with Gasteiger partial charge in [-0.1, -0.05) is 29.3 Å². The number of halogens is 5. The number of benzene rings is 2. The number of imidazole rings is 1. The number of amides is 1. The van der Waals surface area contributed by atoms with Gasteiger partial charge in [-0.2, -0.15) is 13.2 Å². The zero-order chi connectivity index (χ0) is 27.2. The number of anilines is 3. The zero-order valence-corrected chi connectivity index (χ0v) is 22.5. The van der Waals surface area contributed by atoms with E-state index in [2.05, 4.69) is 20.5 Å². The molecule has 1 aliphatic heterocycles. The lowest BCUT2D eigenvalue weighted by Gasteiger charge is -2.27. The third-order valence-corrected chi connectivity index (χ3v) is 8.08. The molecule has 1 saturated heterocycles. The topological polar surface area (TPSA) is 71.4 Å². The maximum atomic E-state index is 13.2. The minimum Gasteiger partial charge on any atom is -0.383 e. The number of alkyl halides is 3. The highest BCUT2D eigenvalue weighted by Gasteiger charge is 2.68. The Labute approximate surface area is 228 Å². The number of carbonyl (C=O) groups is 1. The summed E-state index contributed by atoms with van der Waals surface area (Å²) in [6, 6.07) is 9.09. The number of carbonyl (C=O) groups excluding carboxylic acids is 1. The van der Waals surface area contributed by atoms with Crippen molar-refractivity contribution in [2.24, 2.45) is 12.5 Å². The Morgan fingerprint density at radius 2 is 1.97 bits per heavy atom. The Kier molecular flexibility index (Phi) is 7.17. The molecule has 2 N–H and O–H groups in total. The fraction of sp³-hybridized carbons (Fsp3) is 0.462. The summed E-state index contributed by atoms with van der Waals surface area (Å²) in [6.45, 7) is 1.47. The number of rotatable bonds is 8. The van der Waals surface area contributed by atoms with Gasteiger partial charge in [-0.25, -0.2) is 4.98 Å². The molecule has 1 saturated carbocycles. The van der Waals surface area contributed by atoms with E-state index in [-0.39, 0.29) is 25.4 Å². The summed E-state index contributed by atoms with van der Waals surface area (Å²) in [6.07, 6.45) is -2.82. The van der Waals surface area contributed by atoms with Crippen molar-refractivity contribution in [3.05, 3.63) is 45.9 Å². The number of ether oxygens (including phenoxy) is 1. The van der Waals surface area contributed by atoms with Gasteiger partial charge in [0.05, 0.1) is 45.1 Å². The van der Waals surface area contributed by atoms with Crippen LogP contribution in [0.2, 0.25) is 10.0 Å². The zero-order valence-electron chi connectivity index (χ0n) is 21.0. The van der Waals surface area contributed by atoms with E-state index in [1.807, 2.05) is 23.7 Å². The smallest absolute Gasteiger partial charge is 0.383 e. The van der Waals surface area contributed by atoms with Gasteiger partial charge in [0, 0.05) is 27.2 Å². The third kappa shape index (κ3) is 4.89. The second kappa shape index (κ2) is 10.1. The lowest BCUT2D eigenvalue weighted by atomic mass is 10.1. The van der Waals surface area contributed by atoms with Crippen LogP contribution in [0.15, 0.2) is 30.3 Å². The number of nitrogens with zero attached hydrogens (tertiary/aromatic N) is 3. The molecule has 2 aliphatic rings. The van der Waals surface area contributed by atoms with Crippen LogP contribution < -0.4 is 15.5 Å². The molecule has 2 heterocycles. The van der Waals surface area contributed by atoms with Crippen molar-refractivity contribution in [1.82, 2.24) is 14.9 Å². The van der Waals surface area contributed by atoms with Gasteiger partial charge in [-0.3, -0.25) is 4.79 Å². The van der Waals surface area contributed by atoms with Crippen LogP contribution in [0.4, 0.5) is 30.5 Å². The van der Waals surface area contributed by atoms with E-state index < -0.39 is 17.5 Å². The van der Waals surface area contributed by atoms with Crippen LogP contribution >= 0.6 is 23.2 Å². The van der Waals surface area contributed by atoms with Crippen molar-refractivity contribution in [2.45, 2.75) is 44.4 Å². The van der Waals surface area contributed by atoms with E-state index in [4.69, 9.17) is 27.9 Å². The maximum absolute atomic E-state index is 13.2. The average Bonchev–Trinajstić information content (AvgIpc) is 3.50. The van der Waals surface area contributed by atoms with Gasteiger partial charge in [0.2, 0.25) is 11.9 Å². The largest absolute Gasteiger partial charge is 0.403 e. The van der Waals surface area contributed by atoms with Crippen LogP contribution in [0.3, 0.4) is 0 Å². The standard InChI is InChI=1S/C26H28Cl2F3N5O2/c1-35-22-12-21(36-9-3-4-16(36)14-38-2)18(28)11-20(22)34-24(35)33-19-10-15(5-6-17(19)27)13-32-23(37)25(7-8-25)26(29,30)31/h5-6,10-12,16H,3-4,7-9,13-14H2,1-2H3,(H,32,37)(H,33,34). The first-order valence-electron chi connectivity index (χ1n) is 12.4. The molecule has 1 aromatic heterocycles. The van der Waals surface area contributed by atoms with Gasteiger partial charge in [-0.15, -0.1) is 0 Å². The van der Waals surface area contributed by atoms with E-state index in [0.717, 1.165) is 30.6 Å². The van der Waals surface area contributed by atoms with Crippen LogP contribution in [0.5, 0.6) is 0 Å². The molecule has 1 unspecified atom stereocenters. The number of fused-ring (bicyclic) bond motifs is 1. The van der Waals surface area contributed by atoms with Gasteiger partial charge >= 0.3 is 6.18 Å². The first-order valence-corrected chi connectivity index (χ1v) is 13.1. The molecular weight excluding hydrogens is 542 g/mol. The Bertz CT molecular complexity index is 1370. The van der Waals surface area contributed by atoms with E-state index >= 15 is 0 Å². The van der Waals surface area contributed by atoms with E-state index in [0.29, 0.717) is 39.4 Å². The highest BCUT2D eigenvalue weighted by Crippen LogP contribution is 2.57. The lowest BCUT2D eigenvalue weighted by molar-refractivity contribution is -0.192. The van der Waals surface area contributed by atoms with Crippen molar-refractivity contribution in [3.63, 3.8) is 0 Å². The lowest BCUT2D eigenvalue weighted by Crippen LogP contribution is -2.40. The second-order valence-corrected chi connectivity index (χ2v) is 10.7. The molecule has 2 aromatic carbocycles. The summed E-state index contributed by atoms with van der Waals surface area (Å²) in [5.74, 6) is -0.483. The SMILES string of the molecule is COCC1CCCN1c1cc2c(cc1Cl)nc(Nc1cc(CNC(=O)C3(C(F)(F)F)CC3)ccc1Cl)n2C. The average molecular weight is 570 g/mol. The summed E-state index contributed by atoms with van der Waals surface area (Å²) < 4.78 is 47.0. The van der Waals surface area contributed by atoms with Crippen LogP contribution in [-0.4, -0.2) is 47.9 Å². The molecule has 1 amide bonds. The number of hydrogen-bond donors (Lipinski definition) is 2. The molecular formula is C26H28Cl2F3N5O2. The molecule has 0 radical (unpaired) electrons. The van der Waals surface area contributed by atoms with Crippen LogP contribution in [0.1, 0.15) is 31.2 Å². The molecule has 3 aromatic rings. The van der Waals surface area contributed by atoms with Crippen molar-refractivity contribution in [1.29, 1.82) is 0 Å². The summed E-state index contributed by atoms with van der Waals surface area (Å²) in [4.78, 5) is 19.2. The van der Waals surface area contributed by atoms with Gasteiger partial charge in [-0.05, 0) is 55.5 Å². The molecule has 38 heavy (non-hydrogen) atoms. The minimum atomic E-state index is -4.55. The minimum absolute atomic E-state index is 0.0531. The molecule has 2 fully saturated rings. The summed E-state index contributed by atoms with van der Waals surface area (Å²) in [7, 11) is 3.57. The molecule has 1 atom stereocenters. The number of methoxy groups -OCH3 is 1. The highest BCUT2D eigenvalue weighted by atomic mass is 35.5. The van der Waals surface area contributed by atoms with Gasteiger partial charge in [0.25, 0.3) is 0 Å². The van der Waals surface area contributed by atoms with Crippen molar-refractivity contribution in [3.8, 4) is 0 Å². The summed E-state index contributed by atoms with van der Waals surface area (Å²) in [5.41, 5.74) is 1.36. The molecule has 0 spiro atoms. The Hall–Kier alpha value is -2.69. The Morgan fingerprint density at radius 1 is 1.21 bits per heavy atom. The highest BCUT2D eigenvalue weighted by molar-refractivity contribution is 6.34. The van der Waals surface area contributed by atoms with Crippen LogP contribution in [0, 0.1) is 5.41 Å². The fourth-order valence-corrected chi connectivity index (χ4v) is 5.50. The van der Waals surface area contributed by atoms with Gasteiger partial charge in [0.1, 0.15) is 5.41 Å². The van der Waals surface area contributed by atoms with E-state index in [1.54, 1.807) is 25.3 Å². The third-order valence-electron chi connectivity index (χ3n) is 7.45. The fourth-order valence-electron chi connectivity index (χ4n) is 5.07. The quantitative estimate of drug-likeness (QED) is 0.338. The van der Waals surface area contributed by atoms with E-state index in [9.17, 15) is 18.0 Å². The molecule has 1 aliphatic carbocycles. The predicted molar refractivity (Wildman–Crippen MR) is 142 cm³/mol. The molecule has 0 bridgehead atoms. The molecule has 12 heteroatoms. The monoisotopic (exact) mass is 569 g/mol. The number of nitrogens with one attached hydrogen (secondary N) is 2. The van der Waals surface area contributed by atoms with Gasteiger partial charge in [0.15, 0.2) is 0 Å². The molecule has 5 rings (SSSR count). The summed E-state index contributed by atoms with van der Waals surface area (Å²) >= 11 is 13.1. The Morgan fingerprint density at radius 3 is 2.66 bits per heavy atom. The van der Waals surface area contributed by atoms with Crippen molar-refractivity contribution in [2.75, 3.05) is 30.5 Å².